The summed E-state index contributed by atoms with van der Waals surface area (Å²) in [4.78, 5) is 20.8. The minimum Gasteiger partial charge on any atom is -0.495 e. The molecule has 0 aliphatic carbocycles. The third kappa shape index (κ3) is 4.67. The fourth-order valence-electron chi connectivity index (χ4n) is 2.04. The highest BCUT2D eigenvalue weighted by molar-refractivity contribution is 5.93. The summed E-state index contributed by atoms with van der Waals surface area (Å²) in [5.74, 6) is 1.53. The number of hydrogen-bond donors (Lipinski definition) is 2. The quantitative estimate of drug-likeness (QED) is 0.907. The van der Waals surface area contributed by atoms with Crippen LogP contribution in [-0.4, -0.2) is 28.5 Å². The Kier molecular flexibility index (Phi) is 4.83. The van der Waals surface area contributed by atoms with Crippen molar-refractivity contribution in [1.82, 2.24) is 15.3 Å². The molecule has 0 aliphatic rings. The van der Waals surface area contributed by atoms with Crippen LogP contribution in [0.5, 0.6) is 5.75 Å². The lowest BCUT2D eigenvalue weighted by atomic mass is 10.1. The Morgan fingerprint density at radius 3 is 2.52 bits per heavy atom. The van der Waals surface area contributed by atoms with E-state index >= 15 is 0 Å². The van der Waals surface area contributed by atoms with Gasteiger partial charge in [-0.05, 0) is 39.8 Å². The van der Waals surface area contributed by atoms with Crippen molar-refractivity contribution < 1.29 is 9.53 Å². The van der Waals surface area contributed by atoms with Gasteiger partial charge >= 0.3 is 0 Å². The van der Waals surface area contributed by atoms with E-state index in [1.54, 1.807) is 20.1 Å². The Labute approximate surface area is 136 Å². The van der Waals surface area contributed by atoms with Crippen molar-refractivity contribution in [2.45, 2.75) is 33.2 Å². The maximum Gasteiger partial charge on any atom is 0.270 e. The average molecular weight is 314 g/mol. The second-order valence-electron chi connectivity index (χ2n) is 6.22. The van der Waals surface area contributed by atoms with E-state index in [2.05, 4.69) is 20.6 Å². The molecule has 2 rings (SSSR count). The van der Waals surface area contributed by atoms with Crippen LogP contribution >= 0.6 is 0 Å². The van der Waals surface area contributed by atoms with Gasteiger partial charge < -0.3 is 15.4 Å². The standard InChI is InChI=1S/C17H22N4O2/c1-11-18-13(16(22)21-17(2,3)4)10-15(19-11)20-12-8-6-7-9-14(12)23-5/h6-10H,1-5H3,(H,21,22)(H,18,19,20). The number of carbonyl (C=O) groups is 1. The fourth-order valence-corrected chi connectivity index (χ4v) is 2.04. The number of nitrogens with one attached hydrogen (secondary N) is 2. The lowest BCUT2D eigenvalue weighted by Crippen LogP contribution is -2.41. The van der Waals surface area contributed by atoms with Crippen molar-refractivity contribution in [1.29, 1.82) is 0 Å². The first-order valence-electron chi connectivity index (χ1n) is 7.37. The van der Waals surface area contributed by atoms with Gasteiger partial charge in [0.05, 0.1) is 12.8 Å². The Bertz CT molecular complexity index is 708. The Morgan fingerprint density at radius 1 is 1.17 bits per heavy atom. The number of amides is 1. The first-order chi connectivity index (χ1) is 10.8. The summed E-state index contributed by atoms with van der Waals surface area (Å²) in [6, 6.07) is 9.14. The highest BCUT2D eigenvalue weighted by Gasteiger charge is 2.17. The topological polar surface area (TPSA) is 76.1 Å². The molecule has 122 valence electrons. The Morgan fingerprint density at radius 2 is 1.87 bits per heavy atom. The number of nitrogens with zero attached hydrogens (tertiary/aromatic N) is 2. The van der Waals surface area contributed by atoms with Crippen LogP contribution < -0.4 is 15.4 Å². The first-order valence-corrected chi connectivity index (χ1v) is 7.37. The summed E-state index contributed by atoms with van der Waals surface area (Å²) in [5.41, 5.74) is 0.770. The predicted molar refractivity (Wildman–Crippen MR) is 90.3 cm³/mol. The third-order valence-corrected chi connectivity index (χ3v) is 2.93. The van der Waals surface area contributed by atoms with Gasteiger partial charge in [0.15, 0.2) is 0 Å². The van der Waals surface area contributed by atoms with Crippen molar-refractivity contribution in [2.75, 3.05) is 12.4 Å². The van der Waals surface area contributed by atoms with Gasteiger partial charge in [-0.15, -0.1) is 0 Å². The molecule has 23 heavy (non-hydrogen) atoms. The molecule has 2 N–H and O–H groups in total. The minimum absolute atomic E-state index is 0.230. The molecule has 0 saturated heterocycles. The van der Waals surface area contributed by atoms with Crippen LogP contribution in [0.1, 0.15) is 37.1 Å². The lowest BCUT2D eigenvalue weighted by molar-refractivity contribution is 0.0914. The minimum atomic E-state index is -0.327. The number of anilines is 2. The van der Waals surface area contributed by atoms with Gasteiger partial charge in [0.1, 0.15) is 23.1 Å². The summed E-state index contributed by atoms with van der Waals surface area (Å²) < 4.78 is 5.31. The zero-order chi connectivity index (χ0) is 17.0. The summed E-state index contributed by atoms with van der Waals surface area (Å²) in [5, 5.41) is 6.06. The smallest absolute Gasteiger partial charge is 0.270 e. The van der Waals surface area contributed by atoms with E-state index in [0.717, 1.165) is 5.69 Å². The van der Waals surface area contributed by atoms with Crippen molar-refractivity contribution in [3.8, 4) is 5.75 Å². The molecule has 6 heteroatoms. The second kappa shape index (κ2) is 6.64. The molecule has 0 radical (unpaired) electrons. The molecule has 0 saturated carbocycles. The van der Waals surface area contributed by atoms with Crippen LogP contribution in [0.15, 0.2) is 30.3 Å². The van der Waals surface area contributed by atoms with E-state index < -0.39 is 0 Å². The fraction of sp³-hybridized carbons (Fsp3) is 0.353. The van der Waals surface area contributed by atoms with E-state index in [1.807, 2.05) is 45.0 Å². The SMILES string of the molecule is COc1ccccc1Nc1cc(C(=O)NC(C)(C)C)nc(C)n1. The largest absolute Gasteiger partial charge is 0.495 e. The molecule has 0 bridgehead atoms. The Balaban J connectivity index is 2.29. The first kappa shape index (κ1) is 16.7. The van der Waals surface area contributed by atoms with Gasteiger partial charge in [0.2, 0.25) is 0 Å². The highest BCUT2D eigenvalue weighted by atomic mass is 16.5. The zero-order valence-corrected chi connectivity index (χ0v) is 14.1. The van der Waals surface area contributed by atoms with Crippen molar-refractivity contribution in [3.05, 3.63) is 41.9 Å². The molecule has 6 nitrogen and oxygen atoms in total. The average Bonchev–Trinajstić information content (AvgIpc) is 2.45. The van der Waals surface area contributed by atoms with Crippen LogP contribution in [0, 0.1) is 6.92 Å². The number of benzene rings is 1. The molecule has 0 atom stereocenters. The molecule has 0 aliphatic heterocycles. The maximum atomic E-state index is 12.3. The molecule has 1 amide bonds. The van der Waals surface area contributed by atoms with E-state index in [1.165, 1.54) is 0 Å². The van der Waals surface area contributed by atoms with Crippen LogP contribution in [0.2, 0.25) is 0 Å². The van der Waals surface area contributed by atoms with Crippen LogP contribution in [-0.2, 0) is 0 Å². The summed E-state index contributed by atoms with van der Waals surface area (Å²) >= 11 is 0. The van der Waals surface area contributed by atoms with Gasteiger partial charge in [-0.3, -0.25) is 4.79 Å². The number of aromatic nitrogens is 2. The summed E-state index contributed by atoms with van der Waals surface area (Å²) in [6.07, 6.45) is 0. The molecule has 0 unspecified atom stereocenters. The summed E-state index contributed by atoms with van der Waals surface area (Å²) in [6.45, 7) is 7.52. The van der Waals surface area contributed by atoms with Gasteiger partial charge in [-0.2, -0.15) is 0 Å². The van der Waals surface area contributed by atoms with Crippen molar-refractivity contribution >= 4 is 17.4 Å². The van der Waals surface area contributed by atoms with E-state index in [0.29, 0.717) is 23.1 Å². The van der Waals surface area contributed by atoms with Gasteiger partial charge in [-0.1, -0.05) is 12.1 Å². The predicted octanol–water partition coefficient (Wildman–Crippen LogP) is 3.07. The van der Waals surface area contributed by atoms with Crippen LogP contribution in [0.3, 0.4) is 0 Å². The summed E-state index contributed by atoms with van der Waals surface area (Å²) in [7, 11) is 1.61. The van der Waals surface area contributed by atoms with Crippen molar-refractivity contribution in [3.63, 3.8) is 0 Å². The molecule has 2 aromatic rings. The molecular weight excluding hydrogens is 292 g/mol. The Hall–Kier alpha value is -2.63. The van der Waals surface area contributed by atoms with Crippen LogP contribution in [0.4, 0.5) is 11.5 Å². The second-order valence-corrected chi connectivity index (χ2v) is 6.22. The number of aryl methyl sites for hydroxylation is 1. The molecule has 0 fully saturated rings. The number of ether oxygens (including phenoxy) is 1. The molecular formula is C17H22N4O2. The monoisotopic (exact) mass is 314 g/mol. The van der Waals surface area contributed by atoms with E-state index in [4.69, 9.17) is 4.74 Å². The number of hydrogen-bond acceptors (Lipinski definition) is 5. The van der Waals surface area contributed by atoms with E-state index in [-0.39, 0.29) is 11.4 Å². The number of carbonyl (C=O) groups excluding carboxylic acids is 1. The van der Waals surface area contributed by atoms with Gasteiger partial charge in [0.25, 0.3) is 5.91 Å². The maximum absolute atomic E-state index is 12.3. The van der Waals surface area contributed by atoms with Crippen molar-refractivity contribution in [2.24, 2.45) is 0 Å². The van der Waals surface area contributed by atoms with E-state index in [9.17, 15) is 4.79 Å². The number of methoxy groups -OCH3 is 1. The molecule has 0 spiro atoms. The third-order valence-electron chi connectivity index (χ3n) is 2.93. The number of rotatable bonds is 4. The lowest BCUT2D eigenvalue weighted by Gasteiger charge is -2.20. The van der Waals surface area contributed by atoms with Gasteiger partial charge in [-0.25, -0.2) is 9.97 Å². The van der Waals surface area contributed by atoms with Crippen LogP contribution in [0.25, 0.3) is 0 Å². The normalized spacial score (nSPS) is 11.0. The number of para-hydroxylation sites is 2. The molecule has 1 aromatic heterocycles. The molecule has 1 aromatic carbocycles. The zero-order valence-electron chi connectivity index (χ0n) is 14.1. The highest BCUT2D eigenvalue weighted by Crippen LogP contribution is 2.26. The molecule has 1 heterocycles. The van der Waals surface area contributed by atoms with Gasteiger partial charge in [0, 0.05) is 11.6 Å².